The number of rotatable bonds is 9. The summed E-state index contributed by atoms with van der Waals surface area (Å²) in [6.45, 7) is 8.58. The van der Waals surface area contributed by atoms with Crippen molar-refractivity contribution in [2.75, 3.05) is 27.2 Å². The maximum atomic E-state index is 5.44. The van der Waals surface area contributed by atoms with Gasteiger partial charge in [0.05, 0.1) is 13.7 Å². The molecular weight excluding hydrogens is 328 g/mol. The number of benzene rings is 1. The molecule has 0 fully saturated rings. The second kappa shape index (κ2) is 10.2. The standard InChI is InChI=1S/C19H28N6O/c1-5-11-20-19(21-12-13-25-15-22-23-18(25)6-2)24(3)14-16-9-7-8-10-17(16)26-4/h5,7-10,15H,1,6,11-14H2,2-4H3,(H,20,21). The van der Waals surface area contributed by atoms with Gasteiger partial charge in [-0.3, -0.25) is 4.99 Å². The Labute approximate surface area is 155 Å². The minimum absolute atomic E-state index is 0.640. The Hall–Kier alpha value is -2.83. The van der Waals surface area contributed by atoms with E-state index in [0.717, 1.165) is 36.1 Å². The van der Waals surface area contributed by atoms with E-state index in [9.17, 15) is 0 Å². The molecule has 1 N–H and O–H groups in total. The zero-order valence-electron chi connectivity index (χ0n) is 15.9. The van der Waals surface area contributed by atoms with Crippen LogP contribution in [0, 0.1) is 0 Å². The summed E-state index contributed by atoms with van der Waals surface area (Å²) in [6, 6.07) is 8.01. The maximum Gasteiger partial charge on any atom is 0.194 e. The molecule has 0 amide bonds. The van der Waals surface area contributed by atoms with Crippen molar-refractivity contribution in [2.45, 2.75) is 26.4 Å². The van der Waals surface area contributed by atoms with Crippen molar-refractivity contribution in [1.29, 1.82) is 0 Å². The zero-order valence-corrected chi connectivity index (χ0v) is 15.9. The van der Waals surface area contributed by atoms with E-state index in [1.165, 1.54) is 0 Å². The number of hydrogen-bond acceptors (Lipinski definition) is 4. The lowest BCUT2D eigenvalue weighted by molar-refractivity contribution is 0.396. The summed E-state index contributed by atoms with van der Waals surface area (Å²) < 4.78 is 7.48. The monoisotopic (exact) mass is 356 g/mol. The van der Waals surface area contributed by atoms with Gasteiger partial charge in [-0.15, -0.1) is 16.8 Å². The van der Waals surface area contributed by atoms with Gasteiger partial charge in [0.25, 0.3) is 0 Å². The van der Waals surface area contributed by atoms with E-state index in [-0.39, 0.29) is 0 Å². The number of aliphatic imine (C=N–C) groups is 1. The third-order valence-corrected chi connectivity index (χ3v) is 3.98. The minimum Gasteiger partial charge on any atom is -0.496 e. The van der Waals surface area contributed by atoms with E-state index < -0.39 is 0 Å². The number of ether oxygens (including phenoxy) is 1. The summed E-state index contributed by atoms with van der Waals surface area (Å²) in [5.74, 6) is 2.67. The molecule has 0 atom stereocenters. The van der Waals surface area contributed by atoms with Gasteiger partial charge in [-0.25, -0.2) is 0 Å². The Bertz CT molecular complexity index is 724. The number of aryl methyl sites for hydroxylation is 1. The van der Waals surface area contributed by atoms with E-state index in [1.54, 1.807) is 13.4 Å². The smallest absolute Gasteiger partial charge is 0.194 e. The minimum atomic E-state index is 0.640. The van der Waals surface area contributed by atoms with Crippen LogP contribution in [0.4, 0.5) is 0 Å². The Morgan fingerprint density at radius 1 is 1.42 bits per heavy atom. The van der Waals surface area contributed by atoms with Crippen molar-refractivity contribution in [3.8, 4) is 5.75 Å². The fourth-order valence-corrected chi connectivity index (χ4v) is 2.64. The number of para-hydroxylation sites is 1. The maximum absolute atomic E-state index is 5.44. The molecule has 0 aliphatic heterocycles. The van der Waals surface area contributed by atoms with Crippen LogP contribution in [-0.4, -0.2) is 52.9 Å². The van der Waals surface area contributed by atoms with E-state index in [0.29, 0.717) is 19.6 Å². The molecule has 1 heterocycles. The predicted molar refractivity (Wildman–Crippen MR) is 104 cm³/mol. The lowest BCUT2D eigenvalue weighted by Gasteiger charge is -2.23. The first-order chi connectivity index (χ1) is 12.7. The number of nitrogens with zero attached hydrogens (tertiary/aromatic N) is 5. The number of nitrogens with one attached hydrogen (secondary N) is 1. The van der Waals surface area contributed by atoms with Gasteiger partial charge in [0.15, 0.2) is 5.96 Å². The first-order valence-corrected chi connectivity index (χ1v) is 8.78. The highest BCUT2D eigenvalue weighted by molar-refractivity contribution is 5.80. The average Bonchev–Trinajstić information content (AvgIpc) is 3.12. The molecule has 1 aromatic carbocycles. The molecule has 0 aliphatic carbocycles. The summed E-state index contributed by atoms with van der Waals surface area (Å²) in [4.78, 5) is 6.81. The van der Waals surface area contributed by atoms with Crippen molar-refractivity contribution < 1.29 is 4.74 Å². The van der Waals surface area contributed by atoms with Crippen LogP contribution in [0.15, 0.2) is 48.2 Å². The highest BCUT2D eigenvalue weighted by Crippen LogP contribution is 2.18. The lowest BCUT2D eigenvalue weighted by atomic mass is 10.2. The molecule has 140 valence electrons. The van der Waals surface area contributed by atoms with Crippen LogP contribution < -0.4 is 10.1 Å². The molecule has 26 heavy (non-hydrogen) atoms. The van der Waals surface area contributed by atoms with Crippen LogP contribution in [0.1, 0.15) is 18.3 Å². The Balaban J connectivity index is 2.05. The molecule has 7 heteroatoms. The van der Waals surface area contributed by atoms with Crippen LogP contribution in [0.3, 0.4) is 0 Å². The Kier molecular flexibility index (Phi) is 7.67. The van der Waals surface area contributed by atoms with E-state index >= 15 is 0 Å². The van der Waals surface area contributed by atoms with E-state index in [4.69, 9.17) is 9.73 Å². The highest BCUT2D eigenvalue weighted by atomic mass is 16.5. The van der Waals surface area contributed by atoms with Crippen molar-refractivity contribution in [3.63, 3.8) is 0 Å². The molecule has 0 saturated carbocycles. The Morgan fingerprint density at radius 3 is 2.96 bits per heavy atom. The largest absolute Gasteiger partial charge is 0.496 e. The van der Waals surface area contributed by atoms with Crippen molar-refractivity contribution in [3.05, 3.63) is 54.6 Å². The van der Waals surface area contributed by atoms with Crippen LogP contribution >= 0.6 is 0 Å². The van der Waals surface area contributed by atoms with Gasteiger partial charge in [0.2, 0.25) is 0 Å². The quantitative estimate of drug-likeness (QED) is 0.423. The summed E-state index contributed by atoms with van der Waals surface area (Å²) in [5, 5.41) is 11.4. The SMILES string of the molecule is C=CCNC(=NCCn1cnnc1CC)N(C)Cc1ccccc1OC. The normalized spacial score (nSPS) is 11.3. The van der Waals surface area contributed by atoms with Crippen LogP contribution in [0.5, 0.6) is 5.75 Å². The third-order valence-electron chi connectivity index (χ3n) is 3.98. The van der Waals surface area contributed by atoms with Crippen molar-refractivity contribution >= 4 is 5.96 Å². The fraction of sp³-hybridized carbons (Fsp3) is 0.421. The van der Waals surface area contributed by atoms with Gasteiger partial charge in [0, 0.05) is 38.7 Å². The number of hydrogen-bond donors (Lipinski definition) is 1. The van der Waals surface area contributed by atoms with Gasteiger partial charge < -0.3 is 19.5 Å². The van der Waals surface area contributed by atoms with Gasteiger partial charge in [0.1, 0.15) is 17.9 Å². The summed E-state index contributed by atoms with van der Waals surface area (Å²) in [5.41, 5.74) is 1.11. The van der Waals surface area contributed by atoms with Crippen molar-refractivity contribution in [1.82, 2.24) is 25.0 Å². The molecule has 2 aromatic rings. The van der Waals surface area contributed by atoms with Crippen LogP contribution in [0.25, 0.3) is 0 Å². The third kappa shape index (κ3) is 5.34. The molecule has 2 rings (SSSR count). The lowest BCUT2D eigenvalue weighted by Crippen LogP contribution is -2.39. The van der Waals surface area contributed by atoms with E-state index in [1.807, 2.05) is 35.9 Å². The molecule has 0 aliphatic rings. The van der Waals surface area contributed by atoms with Gasteiger partial charge in [-0.1, -0.05) is 31.2 Å². The van der Waals surface area contributed by atoms with Gasteiger partial charge >= 0.3 is 0 Å². The fourth-order valence-electron chi connectivity index (χ4n) is 2.64. The zero-order chi connectivity index (χ0) is 18.8. The molecule has 0 saturated heterocycles. The Morgan fingerprint density at radius 2 is 2.23 bits per heavy atom. The van der Waals surface area contributed by atoms with Crippen LogP contribution in [0.2, 0.25) is 0 Å². The molecule has 0 radical (unpaired) electrons. The number of methoxy groups -OCH3 is 1. The molecule has 1 aromatic heterocycles. The summed E-state index contributed by atoms with van der Waals surface area (Å²) >= 11 is 0. The van der Waals surface area contributed by atoms with Gasteiger partial charge in [-0.05, 0) is 6.07 Å². The second-order valence-corrected chi connectivity index (χ2v) is 5.84. The molecule has 0 unspecified atom stereocenters. The second-order valence-electron chi connectivity index (χ2n) is 5.84. The first-order valence-electron chi connectivity index (χ1n) is 8.78. The van der Waals surface area contributed by atoms with Gasteiger partial charge in [-0.2, -0.15) is 0 Å². The summed E-state index contributed by atoms with van der Waals surface area (Å²) in [7, 11) is 3.70. The molecule has 0 spiro atoms. The number of aromatic nitrogens is 3. The number of guanidine groups is 1. The summed E-state index contributed by atoms with van der Waals surface area (Å²) in [6.07, 6.45) is 4.43. The topological polar surface area (TPSA) is 67.6 Å². The van der Waals surface area contributed by atoms with Crippen LogP contribution in [-0.2, 0) is 19.5 Å². The first kappa shape index (κ1) is 19.5. The average molecular weight is 356 g/mol. The molecular formula is C19H28N6O. The van der Waals surface area contributed by atoms with Crippen molar-refractivity contribution in [2.24, 2.45) is 4.99 Å². The molecule has 7 nitrogen and oxygen atoms in total. The predicted octanol–water partition coefficient (Wildman–Crippen LogP) is 2.11. The highest BCUT2D eigenvalue weighted by Gasteiger charge is 2.10. The van der Waals surface area contributed by atoms with E-state index in [2.05, 4.69) is 40.0 Å². The molecule has 0 bridgehead atoms.